The number of carboxylic acids is 1. The van der Waals surface area contributed by atoms with Crippen molar-refractivity contribution in [3.8, 4) is 0 Å². The fraction of sp³-hybridized carbons (Fsp3) is 0.727. The van der Waals surface area contributed by atoms with E-state index in [4.69, 9.17) is 9.63 Å². The Balaban J connectivity index is 1.72. The summed E-state index contributed by atoms with van der Waals surface area (Å²) in [5.74, 6) is 2.08. The minimum atomic E-state index is -0.773. The number of carbonyl (C=O) groups is 1. The number of rotatable bonds is 3. The average Bonchev–Trinajstić information content (AvgIpc) is 3.02. The van der Waals surface area contributed by atoms with Gasteiger partial charge in [0, 0.05) is 18.1 Å². The van der Waals surface area contributed by atoms with Gasteiger partial charge >= 0.3 is 5.97 Å². The van der Waals surface area contributed by atoms with E-state index in [1.54, 1.807) is 0 Å². The van der Waals surface area contributed by atoms with E-state index in [1.165, 1.54) is 0 Å². The van der Waals surface area contributed by atoms with Crippen molar-refractivity contribution in [1.29, 1.82) is 0 Å². The second-order valence-corrected chi connectivity index (χ2v) is 6.00. The van der Waals surface area contributed by atoms with Crippen LogP contribution in [0.15, 0.2) is 4.52 Å². The van der Waals surface area contributed by atoms with Gasteiger partial charge in [0.1, 0.15) is 0 Å². The van der Waals surface area contributed by atoms with Gasteiger partial charge in [-0.2, -0.15) is 16.7 Å². The van der Waals surface area contributed by atoms with Crippen LogP contribution in [0, 0.1) is 5.92 Å². The monoisotopic (exact) mass is 269 g/mol. The van der Waals surface area contributed by atoms with Crippen molar-refractivity contribution < 1.29 is 14.4 Å². The van der Waals surface area contributed by atoms with E-state index in [1.807, 2.05) is 11.8 Å². The molecule has 2 fully saturated rings. The molecule has 0 radical (unpaired) electrons. The molecular formula is C11H15N3O3S. The highest BCUT2D eigenvalue weighted by Crippen LogP contribution is 2.47. The molecule has 3 atom stereocenters. The number of nitrogens with zero attached hydrogens (tertiary/aromatic N) is 3. The lowest BCUT2D eigenvalue weighted by Gasteiger charge is -2.29. The highest BCUT2D eigenvalue weighted by molar-refractivity contribution is 7.99. The number of thioether (sulfide) groups is 1. The molecule has 1 saturated carbocycles. The molecule has 0 amide bonds. The molecule has 1 aliphatic carbocycles. The third-order valence-electron chi connectivity index (χ3n) is 3.58. The summed E-state index contributed by atoms with van der Waals surface area (Å²) in [5.41, 5.74) is 0. The molecule has 0 bridgehead atoms. The molecule has 0 aromatic carbocycles. The summed E-state index contributed by atoms with van der Waals surface area (Å²) in [6.07, 6.45) is 0.617. The molecule has 1 saturated heterocycles. The third kappa shape index (κ3) is 2.12. The number of aliphatic carboxylic acids is 1. The van der Waals surface area contributed by atoms with Crippen molar-refractivity contribution in [1.82, 2.24) is 15.0 Å². The van der Waals surface area contributed by atoms with Crippen LogP contribution < -0.4 is 0 Å². The number of hydrogen-bond donors (Lipinski definition) is 1. The molecule has 0 spiro atoms. The van der Waals surface area contributed by atoms with Gasteiger partial charge in [-0.3, -0.25) is 9.69 Å². The SMILES string of the molecule is CN1CCSCC1c1noc(C2CC2C(=O)O)n1. The Hall–Kier alpha value is -1.08. The van der Waals surface area contributed by atoms with Gasteiger partial charge in [0.05, 0.1) is 17.9 Å². The van der Waals surface area contributed by atoms with Crippen molar-refractivity contribution >= 4 is 17.7 Å². The number of hydrogen-bond acceptors (Lipinski definition) is 6. The number of carboxylic acid groups (broad SMARTS) is 1. The van der Waals surface area contributed by atoms with E-state index in [0.717, 1.165) is 18.1 Å². The minimum absolute atomic E-state index is 0.0784. The normalized spacial score (nSPS) is 32.4. The Morgan fingerprint density at radius 2 is 2.44 bits per heavy atom. The molecule has 1 aromatic rings. The second-order valence-electron chi connectivity index (χ2n) is 4.85. The van der Waals surface area contributed by atoms with Crippen LogP contribution in [-0.4, -0.2) is 51.2 Å². The highest BCUT2D eigenvalue weighted by Gasteiger charge is 2.48. The predicted octanol–water partition coefficient (Wildman–Crippen LogP) is 0.977. The van der Waals surface area contributed by atoms with Crippen LogP contribution in [0.2, 0.25) is 0 Å². The average molecular weight is 269 g/mol. The Labute approximate surface area is 109 Å². The maximum atomic E-state index is 10.8. The smallest absolute Gasteiger partial charge is 0.307 e. The molecule has 1 aliphatic heterocycles. The van der Waals surface area contributed by atoms with Crippen LogP contribution in [0.3, 0.4) is 0 Å². The largest absolute Gasteiger partial charge is 0.481 e. The lowest BCUT2D eigenvalue weighted by Crippen LogP contribution is -2.33. The van der Waals surface area contributed by atoms with Crippen molar-refractivity contribution in [2.24, 2.45) is 5.92 Å². The minimum Gasteiger partial charge on any atom is -0.481 e. The van der Waals surface area contributed by atoms with Crippen LogP contribution in [0.1, 0.15) is 30.1 Å². The van der Waals surface area contributed by atoms with Crippen molar-refractivity contribution in [3.05, 3.63) is 11.7 Å². The zero-order chi connectivity index (χ0) is 12.7. The van der Waals surface area contributed by atoms with Gasteiger partial charge in [-0.25, -0.2) is 0 Å². The lowest BCUT2D eigenvalue weighted by atomic mass is 10.2. The van der Waals surface area contributed by atoms with Crippen molar-refractivity contribution in [3.63, 3.8) is 0 Å². The van der Waals surface area contributed by atoms with Crippen LogP contribution >= 0.6 is 11.8 Å². The van der Waals surface area contributed by atoms with E-state index < -0.39 is 5.97 Å². The first-order valence-electron chi connectivity index (χ1n) is 6.01. The van der Waals surface area contributed by atoms with Gasteiger partial charge in [-0.05, 0) is 13.5 Å². The molecule has 2 heterocycles. The number of aromatic nitrogens is 2. The molecule has 2 aliphatic rings. The fourth-order valence-electron chi connectivity index (χ4n) is 2.23. The van der Waals surface area contributed by atoms with Gasteiger partial charge in [0.2, 0.25) is 5.89 Å². The zero-order valence-electron chi connectivity index (χ0n) is 10.1. The molecule has 98 valence electrons. The summed E-state index contributed by atoms with van der Waals surface area (Å²) >= 11 is 1.88. The van der Waals surface area contributed by atoms with E-state index in [-0.39, 0.29) is 17.9 Å². The van der Waals surface area contributed by atoms with E-state index in [0.29, 0.717) is 18.1 Å². The van der Waals surface area contributed by atoms with E-state index >= 15 is 0 Å². The molecule has 1 aromatic heterocycles. The third-order valence-corrected chi connectivity index (χ3v) is 4.60. The molecule has 6 nitrogen and oxygen atoms in total. The summed E-state index contributed by atoms with van der Waals surface area (Å²) in [6, 6.07) is 0.184. The Kier molecular flexibility index (Phi) is 3.03. The lowest BCUT2D eigenvalue weighted by molar-refractivity contribution is -0.138. The van der Waals surface area contributed by atoms with Gasteiger partial charge in [-0.15, -0.1) is 0 Å². The van der Waals surface area contributed by atoms with Crippen molar-refractivity contribution in [2.75, 3.05) is 25.1 Å². The van der Waals surface area contributed by atoms with E-state index in [2.05, 4.69) is 22.1 Å². The second kappa shape index (κ2) is 4.55. The topological polar surface area (TPSA) is 79.5 Å². The van der Waals surface area contributed by atoms with Gasteiger partial charge in [0.25, 0.3) is 0 Å². The Bertz CT molecular complexity index is 464. The first-order chi connectivity index (χ1) is 8.66. The van der Waals surface area contributed by atoms with Crippen molar-refractivity contribution in [2.45, 2.75) is 18.4 Å². The summed E-state index contributed by atoms with van der Waals surface area (Å²) in [6.45, 7) is 1.01. The summed E-state index contributed by atoms with van der Waals surface area (Å²) in [4.78, 5) is 17.4. The molecule has 3 unspecified atom stereocenters. The van der Waals surface area contributed by atoms with Crippen LogP contribution in [0.4, 0.5) is 0 Å². The first kappa shape index (κ1) is 12.0. The van der Waals surface area contributed by atoms with E-state index in [9.17, 15) is 4.79 Å². The van der Waals surface area contributed by atoms with Gasteiger partial charge in [-0.1, -0.05) is 5.16 Å². The fourth-order valence-corrected chi connectivity index (χ4v) is 3.44. The quantitative estimate of drug-likeness (QED) is 0.876. The molecule has 18 heavy (non-hydrogen) atoms. The molecule has 7 heteroatoms. The van der Waals surface area contributed by atoms with Crippen LogP contribution in [-0.2, 0) is 4.79 Å². The van der Waals surface area contributed by atoms with Gasteiger partial charge in [0.15, 0.2) is 5.82 Å². The summed E-state index contributed by atoms with van der Waals surface area (Å²) in [7, 11) is 2.05. The van der Waals surface area contributed by atoms with Crippen LogP contribution in [0.25, 0.3) is 0 Å². The summed E-state index contributed by atoms with van der Waals surface area (Å²) in [5, 5.41) is 12.9. The predicted molar refractivity (Wildman–Crippen MR) is 65.5 cm³/mol. The molecule has 3 rings (SSSR count). The maximum Gasteiger partial charge on any atom is 0.307 e. The Morgan fingerprint density at radius 3 is 3.11 bits per heavy atom. The van der Waals surface area contributed by atoms with Crippen LogP contribution in [0.5, 0.6) is 0 Å². The highest BCUT2D eigenvalue weighted by atomic mass is 32.2. The maximum absolute atomic E-state index is 10.8. The molecular weight excluding hydrogens is 254 g/mol. The Morgan fingerprint density at radius 1 is 1.61 bits per heavy atom. The molecule has 1 N–H and O–H groups in total. The zero-order valence-corrected chi connectivity index (χ0v) is 10.9. The van der Waals surface area contributed by atoms with Gasteiger partial charge < -0.3 is 9.63 Å². The summed E-state index contributed by atoms with van der Waals surface area (Å²) < 4.78 is 5.21. The standard InChI is InChI=1S/C11H15N3O3S/c1-14-2-3-18-5-8(14)9-12-10(17-13-9)6-4-7(6)11(15)16/h6-8H,2-5H2,1H3,(H,15,16). The first-order valence-corrected chi connectivity index (χ1v) is 7.16.